The van der Waals surface area contributed by atoms with Crippen LogP contribution in [0.25, 0.3) is 0 Å². The minimum atomic E-state index is -0.445. The molecule has 0 fully saturated rings. The Kier molecular flexibility index (Phi) is 2.87. The molecule has 1 atom stereocenters. The number of rotatable bonds is 2. The fourth-order valence-corrected chi connectivity index (χ4v) is 0.783. The van der Waals surface area contributed by atoms with Gasteiger partial charge < -0.3 is 0 Å². The van der Waals surface area contributed by atoms with E-state index in [1.165, 1.54) is 6.92 Å². The largest absolute Gasteiger partial charge is 0.299 e. The Morgan fingerprint density at radius 3 is 2.43 bits per heavy atom. The van der Waals surface area contributed by atoms with Gasteiger partial charge in [0.15, 0.2) is 0 Å². The zero-order chi connectivity index (χ0) is 5.86. The van der Waals surface area contributed by atoms with Crippen molar-refractivity contribution in [1.29, 1.82) is 0 Å². The topological polar surface area (TPSA) is 43.1 Å². The van der Waals surface area contributed by atoms with Crippen LogP contribution in [0.15, 0.2) is 0 Å². The normalized spacial score (nSPS) is 13.4. The van der Waals surface area contributed by atoms with Gasteiger partial charge in [-0.25, -0.2) is 0 Å². The minimum absolute atomic E-state index is 0.112. The smallest absolute Gasteiger partial charge is 0.140 e. The lowest BCUT2D eigenvalue weighted by Crippen LogP contribution is -1.99. The van der Waals surface area contributed by atoms with E-state index < -0.39 is 10.7 Å². The van der Waals surface area contributed by atoms with Gasteiger partial charge in [-0.2, -0.15) is 0 Å². The van der Waals surface area contributed by atoms with E-state index >= 15 is 0 Å². The summed E-state index contributed by atoms with van der Waals surface area (Å²) in [5.41, 5.74) is 0. The average molecular weight is 119 g/mol. The van der Waals surface area contributed by atoms with Gasteiger partial charge in [-0.05, 0) is 6.92 Å². The molecule has 2 N–H and O–H groups in total. The summed E-state index contributed by atoms with van der Waals surface area (Å²) < 4.78 is 0. The first-order valence-corrected chi connectivity index (χ1v) is 3.50. The van der Waals surface area contributed by atoms with Crippen LogP contribution in [0.1, 0.15) is 6.92 Å². The van der Waals surface area contributed by atoms with E-state index in [1.54, 1.807) is 0 Å². The fraction of sp³-hybridized carbons (Fsp3) is 0.500. The van der Waals surface area contributed by atoms with Crippen LogP contribution in [0, 0.1) is 0 Å². The Morgan fingerprint density at radius 1 is 2.00 bits per heavy atom. The van der Waals surface area contributed by atoms with Gasteiger partial charge in [-0.1, -0.05) is 5.87 Å². The Bertz CT molecular complexity index is 87.9. The highest BCUT2D eigenvalue weighted by Crippen LogP contribution is 1.93. The Morgan fingerprint density at radius 2 is 2.43 bits per heavy atom. The second kappa shape index (κ2) is 2.93. The van der Waals surface area contributed by atoms with Gasteiger partial charge in [0.1, 0.15) is 5.78 Å². The molecule has 0 aliphatic heterocycles. The van der Waals surface area contributed by atoms with E-state index in [1.807, 2.05) is 0 Å². The summed E-state index contributed by atoms with van der Waals surface area (Å²) in [6, 6.07) is 0. The first kappa shape index (κ1) is 6.85. The number of hydrogen-bond acceptors (Lipinski definition) is 2. The van der Waals surface area contributed by atoms with Crippen molar-refractivity contribution >= 4 is 22.3 Å². The molecule has 0 saturated heterocycles. The lowest BCUT2D eigenvalue weighted by Gasteiger charge is -1.90. The molecule has 2 nitrogen and oxygen atoms in total. The van der Waals surface area contributed by atoms with Crippen molar-refractivity contribution < 1.29 is 4.79 Å². The molecule has 0 saturated carbocycles. The third-order valence-corrected chi connectivity index (χ3v) is 1.17. The highest BCUT2D eigenvalue weighted by atomic mass is 32.2. The molecule has 0 aliphatic rings. The molecule has 0 heterocycles. The third kappa shape index (κ3) is 5.85. The van der Waals surface area contributed by atoms with E-state index in [0.29, 0.717) is 5.75 Å². The van der Waals surface area contributed by atoms with Gasteiger partial charge in [0.05, 0.1) is 5.75 Å². The number of ketones is 1. The lowest BCUT2D eigenvalue weighted by molar-refractivity contribution is -0.114. The van der Waals surface area contributed by atoms with Crippen molar-refractivity contribution in [3.8, 4) is 0 Å². The summed E-state index contributed by atoms with van der Waals surface area (Å²) in [6.07, 6.45) is 0. The lowest BCUT2D eigenvalue weighted by atomic mass is 10.5. The van der Waals surface area contributed by atoms with Crippen LogP contribution in [0.4, 0.5) is 0 Å². The molecule has 0 spiro atoms. The zero-order valence-corrected chi connectivity index (χ0v) is 5.12. The van der Waals surface area contributed by atoms with Gasteiger partial charge in [0.25, 0.3) is 0 Å². The van der Waals surface area contributed by atoms with Crippen LogP contribution >= 0.6 is 10.7 Å². The standard InChI is InChI=1S/C4H9NOS/c1-4(6)3-7(2)5/h2-3,5H2,1H3. The molecule has 0 aromatic carbocycles. The summed E-state index contributed by atoms with van der Waals surface area (Å²) in [6.45, 7) is 1.51. The molecule has 0 bridgehead atoms. The van der Waals surface area contributed by atoms with Crippen molar-refractivity contribution in [3.63, 3.8) is 0 Å². The molecule has 0 radical (unpaired) electrons. The van der Waals surface area contributed by atoms with Gasteiger partial charge in [0, 0.05) is 0 Å². The maximum Gasteiger partial charge on any atom is 0.140 e. The van der Waals surface area contributed by atoms with Crippen molar-refractivity contribution in [2.24, 2.45) is 5.14 Å². The average Bonchev–Trinajstić information content (AvgIpc) is 1.27. The van der Waals surface area contributed by atoms with E-state index in [2.05, 4.69) is 5.87 Å². The van der Waals surface area contributed by atoms with Crippen LogP contribution < -0.4 is 5.14 Å². The molecule has 0 rings (SSSR count). The molecule has 0 aliphatic carbocycles. The number of carbonyl (C=O) groups is 1. The van der Waals surface area contributed by atoms with Gasteiger partial charge >= 0.3 is 0 Å². The van der Waals surface area contributed by atoms with Crippen molar-refractivity contribution in [2.75, 3.05) is 5.75 Å². The Hall–Kier alpha value is -0.150. The maximum atomic E-state index is 10.1. The highest BCUT2D eigenvalue weighted by molar-refractivity contribution is 8.12. The maximum absolute atomic E-state index is 10.1. The predicted octanol–water partition coefficient (Wildman–Crippen LogP) is 0.150. The quantitative estimate of drug-likeness (QED) is 0.526. The number of Topliss-reactive ketones (excluding diaryl/α,β-unsaturated/α-hetero) is 1. The van der Waals surface area contributed by atoms with Gasteiger partial charge in [-0.15, -0.1) is 10.7 Å². The second-order valence-corrected chi connectivity index (χ2v) is 2.75. The summed E-state index contributed by atoms with van der Waals surface area (Å²) in [5, 5.41) is 5.19. The van der Waals surface area contributed by atoms with Crippen molar-refractivity contribution in [1.82, 2.24) is 0 Å². The molecular formula is C4H9NOS. The van der Waals surface area contributed by atoms with Crippen LogP contribution in [0.3, 0.4) is 0 Å². The zero-order valence-electron chi connectivity index (χ0n) is 4.31. The molecule has 3 heteroatoms. The molecule has 1 unspecified atom stereocenters. The minimum Gasteiger partial charge on any atom is -0.299 e. The fourth-order valence-electron chi connectivity index (χ4n) is 0.261. The Balaban J connectivity index is 3.32. The molecular weight excluding hydrogens is 110 g/mol. The van der Waals surface area contributed by atoms with Crippen LogP contribution in [0.5, 0.6) is 0 Å². The molecule has 0 aromatic rings. The van der Waals surface area contributed by atoms with Crippen molar-refractivity contribution in [3.05, 3.63) is 0 Å². The van der Waals surface area contributed by atoms with E-state index in [0.717, 1.165) is 0 Å². The first-order chi connectivity index (χ1) is 3.13. The summed E-state index contributed by atoms with van der Waals surface area (Å²) in [4.78, 5) is 10.1. The number of carbonyl (C=O) groups excluding carboxylic acids is 1. The van der Waals surface area contributed by atoms with Crippen LogP contribution in [-0.4, -0.2) is 17.4 Å². The van der Waals surface area contributed by atoms with Crippen LogP contribution in [-0.2, 0) is 4.79 Å². The third-order valence-electron chi connectivity index (χ3n) is 0.389. The highest BCUT2D eigenvalue weighted by Gasteiger charge is 1.88. The Labute approximate surface area is 45.8 Å². The predicted molar refractivity (Wildman–Crippen MR) is 34.4 cm³/mol. The van der Waals surface area contributed by atoms with Crippen LogP contribution in [0.2, 0.25) is 0 Å². The molecule has 0 amide bonds. The first-order valence-electron chi connectivity index (χ1n) is 1.87. The summed E-state index contributed by atoms with van der Waals surface area (Å²) >= 11 is 0. The second-order valence-electron chi connectivity index (χ2n) is 1.38. The number of nitrogens with two attached hydrogens (primary N) is 1. The molecule has 0 aromatic heterocycles. The van der Waals surface area contributed by atoms with Gasteiger partial charge in [-0.3, -0.25) is 9.93 Å². The monoisotopic (exact) mass is 119 g/mol. The van der Waals surface area contributed by atoms with E-state index in [9.17, 15) is 4.79 Å². The molecule has 42 valence electrons. The van der Waals surface area contributed by atoms with E-state index in [4.69, 9.17) is 5.14 Å². The van der Waals surface area contributed by atoms with Crippen molar-refractivity contribution in [2.45, 2.75) is 6.92 Å². The summed E-state index contributed by atoms with van der Waals surface area (Å²) in [7, 11) is -0.445. The van der Waals surface area contributed by atoms with E-state index in [-0.39, 0.29) is 5.78 Å². The number of hydrogen-bond donors (Lipinski definition) is 1. The SMILES string of the molecule is C=S(N)CC(C)=O. The van der Waals surface area contributed by atoms with Gasteiger partial charge in [0.2, 0.25) is 0 Å². The summed E-state index contributed by atoms with van der Waals surface area (Å²) in [5.74, 6) is 3.99. The molecule has 7 heavy (non-hydrogen) atoms.